The van der Waals surface area contributed by atoms with Crippen LogP contribution >= 0.6 is 0 Å². The van der Waals surface area contributed by atoms with Crippen molar-refractivity contribution in [3.8, 4) is 0 Å². The molecule has 0 bridgehead atoms. The van der Waals surface area contributed by atoms with Gasteiger partial charge in [0.2, 0.25) is 0 Å². The topological polar surface area (TPSA) is 38.5 Å². The fourth-order valence-corrected chi connectivity index (χ4v) is 2.48. The highest BCUT2D eigenvalue weighted by atomic mass is 16.5. The van der Waals surface area contributed by atoms with Gasteiger partial charge in [0.15, 0.2) is 0 Å². The minimum atomic E-state index is 0.158. The lowest BCUT2D eigenvalue weighted by Gasteiger charge is -2.37. The number of anilines is 1. The van der Waals surface area contributed by atoms with Crippen LogP contribution in [0.4, 0.5) is 5.69 Å². The summed E-state index contributed by atoms with van der Waals surface area (Å²) >= 11 is 0. The number of benzene rings is 1. The van der Waals surface area contributed by atoms with E-state index in [0.29, 0.717) is 6.04 Å². The smallest absolute Gasteiger partial charge is 0.0670 e. The largest absolute Gasteiger partial charge is 0.377 e. The Kier molecular flexibility index (Phi) is 4.61. The first-order valence-electron chi connectivity index (χ1n) is 6.96. The quantitative estimate of drug-likeness (QED) is 0.890. The second-order valence-electron chi connectivity index (χ2n) is 4.94. The number of morpholine rings is 1. The molecule has 1 aromatic carbocycles. The van der Waals surface area contributed by atoms with Crippen LogP contribution in [0.5, 0.6) is 0 Å². The zero-order chi connectivity index (χ0) is 13.0. The minimum absolute atomic E-state index is 0.158. The van der Waals surface area contributed by atoms with Crippen LogP contribution < -0.4 is 10.6 Å². The Bertz CT molecular complexity index is 363. The van der Waals surface area contributed by atoms with Crippen molar-refractivity contribution in [1.82, 2.24) is 0 Å². The second kappa shape index (κ2) is 6.21. The predicted molar refractivity (Wildman–Crippen MR) is 75.9 cm³/mol. The number of nitrogens with zero attached hydrogens (tertiary/aromatic N) is 1. The van der Waals surface area contributed by atoms with Crippen molar-refractivity contribution in [2.45, 2.75) is 38.8 Å². The number of ether oxygens (including phenoxy) is 1. The molecule has 0 radical (unpaired) electrons. The third-order valence-corrected chi connectivity index (χ3v) is 3.79. The molecule has 0 aliphatic carbocycles. The lowest BCUT2D eigenvalue weighted by Crippen LogP contribution is -2.45. The van der Waals surface area contributed by atoms with Crippen LogP contribution in [0, 0.1) is 0 Å². The molecule has 18 heavy (non-hydrogen) atoms. The summed E-state index contributed by atoms with van der Waals surface area (Å²) in [4.78, 5) is 2.45. The van der Waals surface area contributed by atoms with Gasteiger partial charge in [0.25, 0.3) is 0 Å². The van der Waals surface area contributed by atoms with Gasteiger partial charge in [0, 0.05) is 18.3 Å². The number of nitrogens with two attached hydrogens (primary N) is 1. The van der Waals surface area contributed by atoms with Crippen molar-refractivity contribution in [3.05, 3.63) is 29.8 Å². The zero-order valence-electron chi connectivity index (χ0n) is 11.4. The maximum Gasteiger partial charge on any atom is 0.0670 e. The van der Waals surface area contributed by atoms with Crippen molar-refractivity contribution < 1.29 is 4.74 Å². The Hall–Kier alpha value is -1.06. The predicted octanol–water partition coefficient (Wildman–Crippen LogP) is 2.71. The van der Waals surface area contributed by atoms with E-state index in [2.05, 4.69) is 43.0 Å². The van der Waals surface area contributed by atoms with Crippen LogP contribution in [0.25, 0.3) is 0 Å². The van der Waals surface area contributed by atoms with E-state index in [1.54, 1.807) is 0 Å². The van der Waals surface area contributed by atoms with Gasteiger partial charge in [-0.05, 0) is 30.5 Å². The molecule has 0 aromatic heterocycles. The summed E-state index contributed by atoms with van der Waals surface area (Å²) in [6, 6.07) is 9.37. The lowest BCUT2D eigenvalue weighted by atomic mass is 10.0. The van der Waals surface area contributed by atoms with Crippen LogP contribution in [-0.2, 0) is 4.74 Å². The Morgan fingerprint density at radius 3 is 2.67 bits per heavy atom. The molecular weight excluding hydrogens is 224 g/mol. The molecule has 2 rings (SSSR count). The lowest BCUT2D eigenvalue weighted by molar-refractivity contribution is 0.0930. The molecule has 1 heterocycles. The highest BCUT2D eigenvalue weighted by Gasteiger charge is 2.21. The fraction of sp³-hybridized carbons (Fsp3) is 0.600. The molecule has 0 spiro atoms. The zero-order valence-corrected chi connectivity index (χ0v) is 11.4. The van der Waals surface area contributed by atoms with Gasteiger partial charge in [-0.2, -0.15) is 0 Å². The minimum Gasteiger partial charge on any atom is -0.377 e. The summed E-state index contributed by atoms with van der Waals surface area (Å²) in [5.74, 6) is 0. The average Bonchev–Trinajstić information content (AvgIpc) is 2.46. The summed E-state index contributed by atoms with van der Waals surface area (Å²) in [7, 11) is 0. The van der Waals surface area contributed by atoms with Gasteiger partial charge >= 0.3 is 0 Å². The second-order valence-corrected chi connectivity index (χ2v) is 4.94. The number of hydrogen-bond donors (Lipinski definition) is 1. The van der Waals surface area contributed by atoms with Gasteiger partial charge in [-0.3, -0.25) is 0 Å². The van der Waals surface area contributed by atoms with E-state index in [0.717, 1.165) is 32.6 Å². The Balaban J connectivity index is 2.12. The molecule has 2 N–H and O–H groups in total. The van der Waals surface area contributed by atoms with Gasteiger partial charge in [0.05, 0.1) is 19.3 Å². The van der Waals surface area contributed by atoms with E-state index in [1.807, 2.05) is 0 Å². The Morgan fingerprint density at radius 2 is 2.06 bits per heavy atom. The van der Waals surface area contributed by atoms with Crippen molar-refractivity contribution in [3.63, 3.8) is 0 Å². The molecule has 2 atom stereocenters. The Morgan fingerprint density at radius 1 is 1.33 bits per heavy atom. The van der Waals surface area contributed by atoms with Crippen LogP contribution in [-0.4, -0.2) is 25.8 Å². The first-order valence-corrected chi connectivity index (χ1v) is 6.96. The molecule has 100 valence electrons. The third-order valence-electron chi connectivity index (χ3n) is 3.79. The summed E-state index contributed by atoms with van der Waals surface area (Å²) in [5, 5.41) is 0. The van der Waals surface area contributed by atoms with Gasteiger partial charge < -0.3 is 15.4 Å². The molecule has 3 heteroatoms. The summed E-state index contributed by atoms with van der Waals surface area (Å²) in [6.45, 7) is 6.98. The van der Waals surface area contributed by atoms with E-state index >= 15 is 0 Å². The number of hydrogen-bond acceptors (Lipinski definition) is 3. The van der Waals surface area contributed by atoms with Crippen molar-refractivity contribution in [1.29, 1.82) is 0 Å². The van der Waals surface area contributed by atoms with Crippen LogP contribution in [0.2, 0.25) is 0 Å². The summed E-state index contributed by atoms with van der Waals surface area (Å²) in [5.41, 5.74) is 8.56. The van der Waals surface area contributed by atoms with Gasteiger partial charge in [0.1, 0.15) is 0 Å². The molecule has 0 amide bonds. The maximum absolute atomic E-state index is 6.04. The molecule has 1 aliphatic heterocycles. The van der Waals surface area contributed by atoms with Crippen molar-refractivity contribution in [2.24, 2.45) is 5.73 Å². The molecular formula is C15H24N2O. The van der Waals surface area contributed by atoms with Crippen molar-refractivity contribution in [2.75, 3.05) is 24.7 Å². The number of rotatable bonds is 4. The van der Waals surface area contributed by atoms with E-state index in [-0.39, 0.29) is 6.04 Å². The van der Waals surface area contributed by atoms with E-state index < -0.39 is 0 Å². The third kappa shape index (κ3) is 2.85. The van der Waals surface area contributed by atoms with Gasteiger partial charge in [-0.15, -0.1) is 0 Å². The average molecular weight is 248 g/mol. The first-order chi connectivity index (χ1) is 8.76. The molecule has 1 unspecified atom stereocenters. The van der Waals surface area contributed by atoms with Crippen LogP contribution in [0.15, 0.2) is 24.3 Å². The Labute approximate surface area is 110 Å². The molecule has 1 fully saturated rings. The first kappa shape index (κ1) is 13.4. The van der Waals surface area contributed by atoms with Gasteiger partial charge in [-0.25, -0.2) is 0 Å². The van der Waals surface area contributed by atoms with Crippen LogP contribution in [0.3, 0.4) is 0 Å². The highest BCUT2D eigenvalue weighted by molar-refractivity contribution is 5.49. The van der Waals surface area contributed by atoms with Crippen molar-refractivity contribution >= 4 is 5.69 Å². The molecule has 1 aliphatic rings. The fourth-order valence-electron chi connectivity index (χ4n) is 2.48. The highest BCUT2D eigenvalue weighted by Crippen LogP contribution is 2.23. The molecule has 0 saturated carbocycles. The SMILES string of the molecule is CCC1COCCN1c1ccc([C@H](N)CC)cc1. The van der Waals surface area contributed by atoms with Crippen LogP contribution in [0.1, 0.15) is 38.3 Å². The molecule has 1 aromatic rings. The maximum atomic E-state index is 6.04. The monoisotopic (exact) mass is 248 g/mol. The van der Waals surface area contributed by atoms with E-state index in [9.17, 15) is 0 Å². The normalized spacial score (nSPS) is 21.9. The summed E-state index contributed by atoms with van der Waals surface area (Å²) < 4.78 is 5.54. The van der Waals surface area contributed by atoms with Gasteiger partial charge in [-0.1, -0.05) is 26.0 Å². The van der Waals surface area contributed by atoms with E-state index in [4.69, 9.17) is 10.5 Å². The standard InChI is InChI=1S/C15H24N2O/c1-3-13-11-18-10-9-17(13)14-7-5-12(6-8-14)15(16)4-2/h5-8,13,15H,3-4,9-11,16H2,1-2H3/t13?,15-/m1/s1. The summed E-state index contributed by atoms with van der Waals surface area (Å²) in [6.07, 6.45) is 2.10. The molecule has 3 nitrogen and oxygen atoms in total. The van der Waals surface area contributed by atoms with E-state index in [1.165, 1.54) is 11.3 Å². The molecule has 1 saturated heterocycles.